The van der Waals surface area contributed by atoms with E-state index in [0.29, 0.717) is 23.0 Å². The lowest BCUT2D eigenvalue weighted by Crippen LogP contribution is -2.15. The molecule has 0 aliphatic heterocycles. The lowest BCUT2D eigenvalue weighted by Gasteiger charge is -2.13. The molecule has 0 unspecified atom stereocenters. The SMILES string of the molecule is Cc1nnc(S[C@@H](C)C(=O)c2ccc(NS(C)(=O)=O)cc2)n1Cc1ccccc1. The fraction of sp³-hybridized carbons (Fsp3) is 0.250. The monoisotopic (exact) mass is 430 g/mol. The Morgan fingerprint density at radius 3 is 2.38 bits per heavy atom. The highest BCUT2D eigenvalue weighted by molar-refractivity contribution is 8.00. The Morgan fingerprint density at radius 1 is 1.10 bits per heavy atom. The zero-order valence-electron chi connectivity index (χ0n) is 16.4. The van der Waals surface area contributed by atoms with E-state index in [-0.39, 0.29) is 11.0 Å². The van der Waals surface area contributed by atoms with Crippen molar-refractivity contribution < 1.29 is 13.2 Å². The number of hydrogen-bond donors (Lipinski definition) is 1. The van der Waals surface area contributed by atoms with Gasteiger partial charge in [0.25, 0.3) is 0 Å². The molecule has 0 amide bonds. The number of anilines is 1. The standard InChI is InChI=1S/C20H22N4O3S2/c1-14(19(25)17-9-11-18(12-10-17)23-29(3,26)27)28-20-22-21-15(2)24(20)13-16-7-5-4-6-8-16/h4-12,14,23H,13H2,1-3H3/t14-/m0/s1. The summed E-state index contributed by atoms with van der Waals surface area (Å²) in [5, 5.41) is 8.70. The van der Waals surface area contributed by atoms with Crippen LogP contribution in [-0.2, 0) is 16.6 Å². The highest BCUT2D eigenvalue weighted by atomic mass is 32.2. The smallest absolute Gasteiger partial charge is 0.229 e. The lowest BCUT2D eigenvalue weighted by atomic mass is 10.1. The summed E-state index contributed by atoms with van der Waals surface area (Å²) < 4.78 is 27.0. The molecule has 1 heterocycles. The molecule has 1 N–H and O–H groups in total. The Bertz CT molecular complexity index is 1090. The van der Waals surface area contributed by atoms with Crippen molar-refractivity contribution in [1.82, 2.24) is 14.8 Å². The molecule has 7 nitrogen and oxygen atoms in total. The van der Waals surface area contributed by atoms with Crippen LogP contribution in [0.3, 0.4) is 0 Å². The third-order valence-electron chi connectivity index (χ3n) is 4.21. The second kappa shape index (κ2) is 8.79. The molecule has 0 spiro atoms. The Hall–Kier alpha value is -2.65. The average Bonchev–Trinajstić information content (AvgIpc) is 3.01. The number of Topliss-reactive ketones (excluding diaryl/α,β-unsaturated/α-hetero) is 1. The van der Waals surface area contributed by atoms with E-state index in [1.54, 1.807) is 24.3 Å². The normalized spacial score (nSPS) is 12.5. The summed E-state index contributed by atoms with van der Waals surface area (Å²) in [6.45, 7) is 4.35. The van der Waals surface area contributed by atoms with Crippen LogP contribution >= 0.6 is 11.8 Å². The number of benzene rings is 2. The van der Waals surface area contributed by atoms with Gasteiger partial charge in [0, 0.05) is 11.3 Å². The Kier molecular flexibility index (Phi) is 6.39. The second-order valence-corrected chi connectivity index (χ2v) is 9.73. The minimum atomic E-state index is -3.35. The minimum absolute atomic E-state index is 0.0622. The van der Waals surface area contributed by atoms with Crippen LogP contribution < -0.4 is 4.72 Å². The molecule has 0 aliphatic carbocycles. The zero-order chi connectivity index (χ0) is 21.0. The quantitative estimate of drug-likeness (QED) is 0.435. The molecule has 3 aromatic rings. The molecule has 0 aliphatic rings. The van der Waals surface area contributed by atoms with Crippen molar-refractivity contribution in [2.24, 2.45) is 0 Å². The van der Waals surface area contributed by atoms with Gasteiger partial charge in [0.15, 0.2) is 10.9 Å². The highest BCUT2D eigenvalue weighted by Gasteiger charge is 2.20. The van der Waals surface area contributed by atoms with Crippen LogP contribution in [-0.4, -0.2) is 40.5 Å². The first kappa shape index (κ1) is 21.1. The summed E-state index contributed by atoms with van der Waals surface area (Å²) in [5.41, 5.74) is 2.06. The van der Waals surface area contributed by atoms with Gasteiger partial charge in [-0.25, -0.2) is 8.42 Å². The average molecular weight is 431 g/mol. The van der Waals surface area contributed by atoms with Crippen LogP contribution in [0.4, 0.5) is 5.69 Å². The number of nitrogens with zero attached hydrogens (tertiary/aromatic N) is 3. The van der Waals surface area contributed by atoms with E-state index in [2.05, 4.69) is 14.9 Å². The van der Waals surface area contributed by atoms with Gasteiger partial charge in [0.1, 0.15) is 5.82 Å². The Labute approximate surface area is 174 Å². The summed E-state index contributed by atoms with van der Waals surface area (Å²) in [5.74, 6) is 0.722. The number of aromatic nitrogens is 3. The summed E-state index contributed by atoms with van der Waals surface area (Å²) in [4.78, 5) is 12.8. The largest absolute Gasteiger partial charge is 0.302 e. The van der Waals surface area contributed by atoms with Crippen molar-refractivity contribution in [3.8, 4) is 0 Å². The predicted octanol–water partition coefficient (Wildman–Crippen LogP) is 3.37. The first-order valence-electron chi connectivity index (χ1n) is 8.95. The van der Waals surface area contributed by atoms with Gasteiger partial charge in [-0.3, -0.25) is 9.52 Å². The first-order valence-corrected chi connectivity index (χ1v) is 11.7. The van der Waals surface area contributed by atoms with Crippen LogP contribution in [0.25, 0.3) is 0 Å². The molecular formula is C20H22N4O3S2. The van der Waals surface area contributed by atoms with Gasteiger partial charge in [-0.15, -0.1) is 10.2 Å². The van der Waals surface area contributed by atoms with Crippen LogP contribution in [0.5, 0.6) is 0 Å². The van der Waals surface area contributed by atoms with Gasteiger partial charge in [0.2, 0.25) is 10.0 Å². The molecule has 0 saturated carbocycles. The topological polar surface area (TPSA) is 94.0 Å². The fourth-order valence-corrected chi connectivity index (χ4v) is 4.30. The minimum Gasteiger partial charge on any atom is -0.302 e. The maximum Gasteiger partial charge on any atom is 0.229 e. The highest BCUT2D eigenvalue weighted by Crippen LogP contribution is 2.26. The first-order chi connectivity index (χ1) is 13.7. The van der Waals surface area contributed by atoms with Crippen LogP contribution in [0.1, 0.15) is 28.7 Å². The number of thioether (sulfide) groups is 1. The number of carbonyl (C=O) groups excluding carboxylic acids is 1. The molecule has 9 heteroatoms. The number of nitrogens with one attached hydrogen (secondary N) is 1. The van der Waals surface area contributed by atoms with Crippen LogP contribution in [0.15, 0.2) is 59.8 Å². The number of hydrogen-bond acceptors (Lipinski definition) is 6. The maximum absolute atomic E-state index is 12.8. The van der Waals surface area contributed by atoms with E-state index in [1.807, 2.05) is 48.7 Å². The summed E-state index contributed by atoms with van der Waals surface area (Å²) in [6.07, 6.45) is 1.08. The molecule has 3 rings (SSSR count). The van der Waals surface area contributed by atoms with Gasteiger partial charge >= 0.3 is 0 Å². The molecule has 1 atom stereocenters. The van der Waals surface area contributed by atoms with Gasteiger partial charge in [-0.2, -0.15) is 0 Å². The number of rotatable bonds is 8. The molecule has 2 aromatic carbocycles. The molecule has 29 heavy (non-hydrogen) atoms. The molecule has 0 fully saturated rings. The molecular weight excluding hydrogens is 408 g/mol. The predicted molar refractivity (Wildman–Crippen MR) is 115 cm³/mol. The van der Waals surface area contributed by atoms with Gasteiger partial charge in [0.05, 0.1) is 18.1 Å². The number of sulfonamides is 1. The van der Waals surface area contributed by atoms with Crippen molar-refractivity contribution in [2.75, 3.05) is 11.0 Å². The van der Waals surface area contributed by atoms with Crippen LogP contribution in [0, 0.1) is 6.92 Å². The van der Waals surface area contributed by atoms with Crippen molar-refractivity contribution in [1.29, 1.82) is 0 Å². The Balaban J connectivity index is 1.72. The molecule has 0 bridgehead atoms. The lowest BCUT2D eigenvalue weighted by molar-refractivity contribution is 0.0994. The van der Waals surface area contributed by atoms with E-state index in [9.17, 15) is 13.2 Å². The summed E-state index contributed by atoms with van der Waals surface area (Å²) in [6, 6.07) is 16.4. The Morgan fingerprint density at radius 2 is 1.76 bits per heavy atom. The van der Waals surface area contributed by atoms with Crippen LogP contribution in [0.2, 0.25) is 0 Å². The molecule has 0 radical (unpaired) electrons. The molecule has 152 valence electrons. The van der Waals surface area contributed by atoms with E-state index < -0.39 is 10.0 Å². The third-order valence-corrected chi connectivity index (χ3v) is 5.90. The van der Waals surface area contributed by atoms with E-state index in [4.69, 9.17) is 0 Å². The fourth-order valence-electron chi connectivity index (χ4n) is 2.76. The molecule has 0 saturated heterocycles. The molecule has 1 aromatic heterocycles. The zero-order valence-corrected chi connectivity index (χ0v) is 18.0. The number of carbonyl (C=O) groups is 1. The van der Waals surface area contributed by atoms with Crippen molar-refractivity contribution >= 4 is 33.3 Å². The van der Waals surface area contributed by atoms with E-state index >= 15 is 0 Å². The van der Waals surface area contributed by atoms with E-state index in [1.165, 1.54) is 11.8 Å². The van der Waals surface area contributed by atoms with Gasteiger partial charge in [-0.05, 0) is 43.7 Å². The van der Waals surface area contributed by atoms with Crippen molar-refractivity contribution in [3.63, 3.8) is 0 Å². The maximum atomic E-state index is 12.8. The summed E-state index contributed by atoms with van der Waals surface area (Å²) >= 11 is 1.36. The third kappa shape index (κ3) is 5.68. The van der Waals surface area contributed by atoms with Gasteiger partial charge in [-0.1, -0.05) is 42.1 Å². The second-order valence-electron chi connectivity index (χ2n) is 6.68. The number of ketones is 1. The van der Waals surface area contributed by atoms with E-state index in [0.717, 1.165) is 17.6 Å². The van der Waals surface area contributed by atoms with Gasteiger partial charge < -0.3 is 4.57 Å². The van der Waals surface area contributed by atoms with Crippen molar-refractivity contribution in [3.05, 3.63) is 71.5 Å². The summed E-state index contributed by atoms with van der Waals surface area (Å²) in [7, 11) is -3.35. The van der Waals surface area contributed by atoms with Crippen molar-refractivity contribution in [2.45, 2.75) is 30.8 Å². The number of aryl methyl sites for hydroxylation is 1.